The number of carbonyl (C=O) groups is 4. The average molecular weight is 2080 g/mol. The molecule has 38 heteroatoms. The second-order valence-electron chi connectivity index (χ2n) is 29.4. The zero-order valence-corrected chi connectivity index (χ0v) is 77.3. The number of nitrogens with zero attached hydrogens (tertiary/aromatic N) is 6. The van der Waals surface area contributed by atoms with Gasteiger partial charge in [0, 0.05) is 70.7 Å². The van der Waals surface area contributed by atoms with Crippen LogP contribution in [0.3, 0.4) is 0 Å². The second kappa shape index (κ2) is 50.2. The van der Waals surface area contributed by atoms with Crippen LogP contribution in [0.25, 0.3) is 44.5 Å². The Bertz CT molecular complexity index is 5690. The predicted octanol–water partition coefficient (Wildman–Crippen LogP) is -20.6. The molecule has 0 aliphatic heterocycles. The van der Waals surface area contributed by atoms with Crippen LogP contribution in [0.15, 0.2) is 281 Å². The van der Waals surface area contributed by atoms with Gasteiger partial charge in [-0.1, -0.05) is 152 Å². The zero-order chi connectivity index (χ0) is 84.2. The van der Waals surface area contributed by atoms with E-state index < -0.39 is 66.5 Å². The molecule has 0 fully saturated rings. The number of hydrogen-bond acceptors (Lipinski definition) is 16. The van der Waals surface area contributed by atoms with Crippen LogP contribution < -0.4 is 183 Å². The van der Waals surface area contributed by atoms with Crippen molar-refractivity contribution in [1.29, 1.82) is 0 Å². The third-order valence-corrected chi connectivity index (χ3v) is 20.5. The van der Waals surface area contributed by atoms with E-state index in [1.165, 1.54) is 0 Å². The van der Waals surface area contributed by atoms with Crippen molar-refractivity contribution in [2.24, 2.45) is 0 Å². The first-order valence-corrected chi connectivity index (χ1v) is 39.0. The minimum Gasteiger partial charge on any atom is -1.00 e. The topological polar surface area (TPSA) is 382 Å². The standard InChI is InChI=1S/C87H88B6N10O16.6BrH/c1-60(2)84(104)94-36-19-37-96-87(107)83(97-86(106)76-43-74(57-103(59-76)51-68-25-8-14-33-82(68)93(118)119)72-41-70(53-101(55-72)49-66-23-6-12-31-80(66)91(114)115)62-27-18-39-99(45-62)47-64-21-4-10-29-78(64)89(110)111)34-15-16-35-95-85(105)75-42-73(56-102(58-75)50-67-24-7-13-32-81(67)92(116)117)71-40-69(52-100(54-71)48-65-22-5-11-30-79(65)90(112)113)61-26-17-38-98(44-61)46-63-20-3-9-28-77(63)88(108)109;;;;;;/h3-14,17-18,20-33,38-45,52-59,83,108-119H,1,15-16,19,34-37,46-51H2,2H3;6*1H/q+2;;;;;;/p-2. The lowest BCUT2D eigenvalue weighted by Gasteiger charge is -2.19. The van der Waals surface area contributed by atoms with Crippen molar-refractivity contribution < 1.29 is 209 Å². The molecule has 12 aromatic rings. The third kappa shape index (κ3) is 28.8. The maximum absolute atomic E-state index is 15.3. The maximum atomic E-state index is 15.3. The molecular formula is C87H92B6Br6N10O16. The SMILES string of the molecule is C=C(C)C(=O)NCCCNC(=O)C(CCCCNC(=O)c1cc(-c2cc(-c3ccc[n+](Cc4ccccc4B(O)O)c3)c[n+](Cc3ccccc3B(O)O)c2)c[n+](Cc2ccccc2B(O)O)c1)NC(=O)c1cc(-c2cc(-c3ccc[n+](Cc4ccccc4B(O)O)c3)c[n+](Cc3ccccc3B(O)O)c2)c[n+](Cc2ccccc2B(O)O)c1.[Br-].[Br-].[Br-].[Br-].[Br-].[Br-]. The number of amides is 4. The summed E-state index contributed by atoms with van der Waals surface area (Å²) in [5.41, 5.74) is 11.2. The number of rotatable bonds is 36. The van der Waals surface area contributed by atoms with E-state index in [9.17, 15) is 74.7 Å². The van der Waals surface area contributed by atoms with Gasteiger partial charge in [0.1, 0.15) is 17.2 Å². The molecule has 0 spiro atoms. The monoisotopic (exact) mass is 2070 g/mol. The Morgan fingerprint density at radius 3 is 0.912 bits per heavy atom. The van der Waals surface area contributed by atoms with Crippen LogP contribution in [-0.4, -0.2) is 152 Å². The van der Waals surface area contributed by atoms with E-state index in [0.29, 0.717) is 103 Å². The van der Waals surface area contributed by atoms with Crippen molar-refractivity contribution in [1.82, 2.24) is 21.3 Å². The molecule has 0 saturated carbocycles. The van der Waals surface area contributed by atoms with Gasteiger partial charge >= 0.3 is 42.7 Å². The summed E-state index contributed by atoms with van der Waals surface area (Å²) >= 11 is 0. The highest BCUT2D eigenvalue weighted by atomic mass is 79.9. The quantitative estimate of drug-likeness (QED) is 0.00751. The van der Waals surface area contributed by atoms with Gasteiger partial charge in [-0.15, -0.1) is 0 Å². The van der Waals surface area contributed by atoms with Crippen LogP contribution in [0.4, 0.5) is 0 Å². The second-order valence-corrected chi connectivity index (χ2v) is 29.4. The van der Waals surface area contributed by atoms with Crippen molar-refractivity contribution in [3.8, 4) is 44.5 Å². The number of pyridine rings is 6. The Morgan fingerprint density at radius 1 is 0.312 bits per heavy atom. The summed E-state index contributed by atoms with van der Waals surface area (Å²) < 4.78 is 11.1. The highest BCUT2D eigenvalue weighted by molar-refractivity contribution is 6.61. The molecule has 0 saturated heterocycles. The molecule has 125 heavy (non-hydrogen) atoms. The van der Waals surface area contributed by atoms with Gasteiger partial charge in [-0.25, -0.2) is 9.13 Å². The Kier molecular flexibility index (Phi) is 42.0. The largest absolute Gasteiger partial charge is 1.00 e. The molecule has 0 radical (unpaired) electrons. The number of aromatic nitrogens is 6. The number of nitrogens with one attached hydrogen (secondary N) is 4. The van der Waals surface area contributed by atoms with Gasteiger partial charge in [-0.3, -0.25) is 19.2 Å². The van der Waals surface area contributed by atoms with Crippen molar-refractivity contribution >= 4 is 99.1 Å². The number of halogens is 6. The molecule has 6 aromatic heterocycles. The van der Waals surface area contributed by atoms with Gasteiger partial charge < -0.3 is 183 Å². The lowest BCUT2D eigenvalue weighted by Crippen LogP contribution is -3.00. The van der Waals surface area contributed by atoms with E-state index in [4.69, 9.17) is 0 Å². The third-order valence-electron chi connectivity index (χ3n) is 20.5. The van der Waals surface area contributed by atoms with Crippen molar-refractivity contribution in [2.75, 3.05) is 19.6 Å². The van der Waals surface area contributed by atoms with Gasteiger partial charge in [0.05, 0.1) is 44.5 Å². The normalized spacial score (nSPS) is 10.8. The molecule has 6 aromatic carbocycles. The Balaban J connectivity index is 0.00000402. The van der Waals surface area contributed by atoms with Crippen LogP contribution in [0, 0.1) is 0 Å². The van der Waals surface area contributed by atoms with Crippen LogP contribution in [0.1, 0.15) is 86.7 Å². The van der Waals surface area contributed by atoms with E-state index >= 15 is 4.79 Å². The fourth-order valence-corrected chi connectivity index (χ4v) is 14.5. The highest BCUT2D eigenvalue weighted by Crippen LogP contribution is 2.28. The summed E-state index contributed by atoms with van der Waals surface area (Å²) in [6.45, 7) is 6.71. The smallest absolute Gasteiger partial charge is 0.488 e. The summed E-state index contributed by atoms with van der Waals surface area (Å²) in [6.07, 6.45) is 22.9. The molecule has 1 atom stereocenters. The molecule has 12 rings (SSSR count). The molecule has 0 aliphatic carbocycles. The fourth-order valence-electron chi connectivity index (χ4n) is 14.5. The average Bonchev–Trinajstić information content (AvgIpc) is 0.792. The highest BCUT2D eigenvalue weighted by Gasteiger charge is 2.30. The van der Waals surface area contributed by atoms with Crippen molar-refractivity contribution in [2.45, 2.75) is 77.9 Å². The van der Waals surface area contributed by atoms with Gasteiger partial charge in [0.25, 0.3) is 11.8 Å². The fraction of sp³-hybridized carbons (Fsp3) is 0.172. The molecule has 646 valence electrons. The Morgan fingerprint density at radius 2 is 0.584 bits per heavy atom. The summed E-state index contributed by atoms with van der Waals surface area (Å²) in [7, 11) is -10.6. The summed E-state index contributed by atoms with van der Waals surface area (Å²) in [5, 5.41) is 137. The first-order valence-electron chi connectivity index (χ1n) is 39.0. The summed E-state index contributed by atoms with van der Waals surface area (Å²) in [5.74, 6) is -2.02. The molecule has 0 aliphatic rings. The number of benzene rings is 6. The molecule has 26 nitrogen and oxygen atoms in total. The van der Waals surface area contributed by atoms with Crippen molar-refractivity contribution in [3.05, 3.63) is 325 Å². The first-order chi connectivity index (χ1) is 57.4. The molecule has 4 amide bonds. The van der Waals surface area contributed by atoms with E-state index in [-0.39, 0.29) is 201 Å². The van der Waals surface area contributed by atoms with Crippen molar-refractivity contribution in [3.63, 3.8) is 0 Å². The molecular weight excluding hydrogens is 1990 g/mol. The number of unbranched alkanes of at least 4 members (excludes halogenated alkanes) is 1. The van der Waals surface area contributed by atoms with Crippen LogP contribution in [-0.2, 0) is 48.9 Å². The van der Waals surface area contributed by atoms with E-state index in [1.807, 2.05) is 135 Å². The molecule has 1 unspecified atom stereocenters. The lowest BCUT2D eigenvalue weighted by atomic mass is 9.77. The molecule has 16 N–H and O–H groups in total. The number of carbonyl (C=O) groups excluding carboxylic acids is 4. The van der Waals surface area contributed by atoms with Gasteiger partial charge in [0.2, 0.25) is 11.8 Å². The first kappa shape index (κ1) is 104. The minimum absolute atomic E-state index is 0. The Hall–Kier alpha value is -9.37. The van der Waals surface area contributed by atoms with Gasteiger partial charge in [-0.2, -0.15) is 18.3 Å². The van der Waals surface area contributed by atoms with Gasteiger partial charge in [0.15, 0.2) is 114 Å². The van der Waals surface area contributed by atoms with E-state index in [1.54, 1.807) is 168 Å². The molecule has 0 bridgehead atoms. The lowest BCUT2D eigenvalue weighted by molar-refractivity contribution is -0.689. The van der Waals surface area contributed by atoms with Crippen LogP contribution in [0.2, 0.25) is 0 Å². The summed E-state index contributed by atoms with van der Waals surface area (Å²) in [6, 6.07) is 55.1. The van der Waals surface area contributed by atoms with E-state index in [2.05, 4.69) is 27.8 Å². The number of hydrogen-bond donors (Lipinski definition) is 16. The van der Waals surface area contributed by atoms with E-state index in [0.717, 1.165) is 16.7 Å². The summed E-state index contributed by atoms with van der Waals surface area (Å²) in [4.78, 5) is 57.3. The predicted molar refractivity (Wildman–Crippen MR) is 451 cm³/mol. The maximum Gasteiger partial charge on any atom is 0.488 e. The van der Waals surface area contributed by atoms with Crippen LogP contribution >= 0.6 is 0 Å². The Labute approximate surface area is 789 Å². The van der Waals surface area contributed by atoms with Gasteiger partial charge in [-0.05, 0) is 102 Å². The van der Waals surface area contributed by atoms with Crippen LogP contribution in [0.5, 0.6) is 0 Å². The zero-order valence-electron chi connectivity index (χ0n) is 67.8. The minimum atomic E-state index is -1.85. The molecule has 6 heterocycles.